The second-order valence-corrected chi connectivity index (χ2v) is 8.19. The summed E-state index contributed by atoms with van der Waals surface area (Å²) in [6.45, 7) is 8.91. The van der Waals surface area contributed by atoms with Gasteiger partial charge >= 0.3 is 12.0 Å². The lowest BCUT2D eigenvalue weighted by Gasteiger charge is -2.39. The summed E-state index contributed by atoms with van der Waals surface area (Å²) in [5.41, 5.74) is 1.92. The third kappa shape index (κ3) is 5.07. The van der Waals surface area contributed by atoms with Gasteiger partial charge in [0.05, 0.1) is 18.2 Å². The Labute approximate surface area is 183 Å². The number of esters is 1. The van der Waals surface area contributed by atoms with Crippen molar-refractivity contribution in [1.29, 1.82) is 0 Å². The Bertz CT molecular complexity index is 844. The maximum Gasteiger partial charge on any atom is 0.338 e. The lowest BCUT2D eigenvalue weighted by Crippen LogP contribution is -2.53. The molecule has 0 bridgehead atoms. The number of amides is 3. The van der Waals surface area contributed by atoms with Gasteiger partial charge in [0.2, 0.25) is 5.91 Å². The van der Waals surface area contributed by atoms with Crippen molar-refractivity contribution < 1.29 is 19.1 Å². The Kier molecular flexibility index (Phi) is 7.33. The number of likely N-dealkylation sites (N-methyl/N-ethyl adjacent to an activating group) is 1. The fourth-order valence-corrected chi connectivity index (χ4v) is 4.00. The van der Waals surface area contributed by atoms with Crippen molar-refractivity contribution in [2.24, 2.45) is 5.92 Å². The highest BCUT2D eigenvalue weighted by atomic mass is 16.5. The molecule has 31 heavy (non-hydrogen) atoms. The first-order valence-electron chi connectivity index (χ1n) is 10.8. The molecule has 2 heterocycles. The molecule has 0 aliphatic carbocycles. The van der Waals surface area contributed by atoms with Gasteiger partial charge in [0.25, 0.3) is 0 Å². The summed E-state index contributed by atoms with van der Waals surface area (Å²) in [5.74, 6) is -0.291. The highest BCUT2D eigenvalue weighted by molar-refractivity contribution is 5.95. The second kappa shape index (κ2) is 9.96. The number of piperazine rings is 1. The average molecular weight is 429 g/mol. The summed E-state index contributed by atoms with van der Waals surface area (Å²) in [7, 11) is 1.67. The van der Waals surface area contributed by atoms with E-state index in [-0.39, 0.29) is 24.5 Å². The van der Waals surface area contributed by atoms with Gasteiger partial charge in [0.15, 0.2) is 0 Å². The summed E-state index contributed by atoms with van der Waals surface area (Å²) in [5, 5.41) is 2.93. The van der Waals surface area contributed by atoms with Gasteiger partial charge in [-0.3, -0.25) is 14.6 Å². The Morgan fingerprint density at radius 2 is 1.77 bits per heavy atom. The lowest BCUT2D eigenvalue weighted by atomic mass is 9.94. The largest absolute Gasteiger partial charge is 0.463 e. The molecule has 1 unspecified atom stereocenters. The third-order valence-corrected chi connectivity index (χ3v) is 5.76. The van der Waals surface area contributed by atoms with Crippen molar-refractivity contribution in [2.75, 3.05) is 46.4 Å². The summed E-state index contributed by atoms with van der Waals surface area (Å²) >= 11 is 0. The Morgan fingerprint density at radius 3 is 2.35 bits per heavy atom. The maximum absolute atomic E-state index is 13.0. The molecule has 2 aliphatic rings. The summed E-state index contributed by atoms with van der Waals surface area (Å²) in [6.07, 6.45) is 0. The minimum absolute atomic E-state index is 0.0236. The number of nitrogens with one attached hydrogen (secondary N) is 1. The van der Waals surface area contributed by atoms with E-state index in [1.54, 1.807) is 14.0 Å². The SMILES string of the molecule is CCOC(=O)C1=C(CN2CCN(C(=O)C(C)C)CC2)N(C)C(=O)NC1c1ccccc1. The molecule has 8 heteroatoms. The van der Waals surface area contributed by atoms with E-state index in [4.69, 9.17) is 4.74 Å². The van der Waals surface area contributed by atoms with E-state index < -0.39 is 12.0 Å². The van der Waals surface area contributed by atoms with E-state index in [2.05, 4.69) is 10.2 Å². The molecule has 1 fully saturated rings. The van der Waals surface area contributed by atoms with Gasteiger partial charge in [0.1, 0.15) is 0 Å². The van der Waals surface area contributed by atoms with Gasteiger partial charge < -0.3 is 15.0 Å². The highest BCUT2D eigenvalue weighted by Crippen LogP contribution is 2.31. The number of nitrogens with zero attached hydrogens (tertiary/aromatic N) is 3. The van der Waals surface area contributed by atoms with Crippen molar-refractivity contribution in [3.63, 3.8) is 0 Å². The first-order valence-corrected chi connectivity index (χ1v) is 10.8. The van der Waals surface area contributed by atoms with Gasteiger partial charge in [-0.25, -0.2) is 9.59 Å². The molecular weight excluding hydrogens is 396 g/mol. The van der Waals surface area contributed by atoms with Gasteiger partial charge in [-0.15, -0.1) is 0 Å². The smallest absolute Gasteiger partial charge is 0.338 e. The molecule has 2 aliphatic heterocycles. The number of rotatable bonds is 6. The Morgan fingerprint density at radius 1 is 1.13 bits per heavy atom. The maximum atomic E-state index is 13.0. The van der Waals surface area contributed by atoms with Crippen LogP contribution < -0.4 is 5.32 Å². The van der Waals surface area contributed by atoms with Crippen LogP contribution in [0.2, 0.25) is 0 Å². The number of urea groups is 1. The second-order valence-electron chi connectivity index (χ2n) is 8.19. The molecule has 1 aromatic rings. The zero-order valence-electron chi connectivity index (χ0n) is 18.8. The fourth-order valence-electron chi connectivity index (χ4n) is 4.00. The summed E-state index contributed by atoms with van der Waals surface area (Å²) < 4.78 is 5.36. The normalized spacial score (nSPS) is 20.2. The van der Waals surface area contributed by atoms with Crippen LogP contribution in [-0.2, 0) is 14.3 Å². The Hall–Kier alpha value is -2.87. The minimum Gasteiger partial charge on any atom is -0.463 e. The van der Waals surface area contributed by atoms with E-state index in [9.17, 15) is 14.4 Å². The molecule has 1 aromatic carbocycles. The van der Waals surface area contributed by atoms with Crippen LogP contribution >= 0.6 is 0 Å². The van der Waals surface area contributed by atoms with Crippen LogP contribution in [0.4, 0.5) is 4.79 Å². The molecule has 1 saturated heterocycles. The van der Waals surface area contributed by atoms with E-state index in [1.165, 1.54) is 4.90 Å². The van der Waals surface area contributed by atoms with Crippen LogP contribution in [-0.4, -0.2) is 79.0 Å². The topological polar surface area (TPSA) is 82.2 Å². The van der Waals surface area contributed by atoms with Crippen LogP contribution in [0.5, 0.6) is 0 Å². The zero-order chi connectivity index (χ0) is 22.5. The lowest BCUT2D eigenvalue weighted by molar-refractivity contribution is -0.139. The summed E-state index contributed by atoms with van der Waals surface area (Å²) in [4.78, 5) is 43.5. The van der Waals surface area contributed by atoms with Crippen LogP contribution in [0.25, 0.3) is 0 Å². The van der Waals surface area contributed by atoms with Crippen molar-refractivity contribution in [3.8, 4) is 0 Å². The van der Waals surface area contributed by atoms with E-state index in [0.29, 0.717) is 44.0 Å². The molecule has 3 rings (SSSR count). The van der Waals surface area contributed by atoms with Crippen molar-refractivity contribution >= 4 is 17.9 Å². The quantitative estimate of drug-likeness (QED) is 0.701. The Balaban J connectivity index is 1.88. The molecule has 8 nitrogen and oxygen atoms in total. The predicted molar refractivity (Wildman–Crippen MR) is 117 cm³/mol. The van der Waals surface area contributed by atoms with E-state index in [1.807, 2.05) is 49.1 Å². The third-order valence-electron chi connectivity index (χ3n) is 5.76. The van der Waals surface area contributed by atoms with Gasteiger partial charge in [-0.1, -0.05) is 44.2 Å². The van der Waals surface area contributed by atoms with Gasteiger partial charge in [-0.2, -0.15) is 0 Å². The fraction of sp³-hybridized carbons (Fsp3) is 0.522. The number of carbonyl (C=O) groups is 3. The van der Waals surface area contributed by atoms with Gasteiger partial charge in [-0.05, 0) is 12.5 Å². The van der Waals surface area contributed by atoms with Gasteiger partial charge in [0, 0.05) is 51.4 Å². The molecule has 0 radical (unpaired) electrons. The van der Waals surface area contributed by atoms with Crippen LogP contribution in [0.15, 0.2) is 41.6 Å². The molecule has 0 aromatic heterocycles. The number of ether oxygens (including phenoxy) is 1. The molecular formula is C23H32N4O4. The highest BCUT2D eigenvalue weighted by Gasteiger charge is 2.37. The number of hydrogen-bond acceptors (Lipinski definition) is 5. The zero-order valence-corrected chi connectivity index (χ0v) is 18.8. The number of benzene rings is 1. The average Bonchev–Trinajstić information content (AvgIpc) is 2.77. The predicted octanol–water partition coefficient (Wildman–Crippen LogP) is 2.00. The number of carbonyl (C=O) groups excluding carboxylic acids is 3. The number of hydrogen-bond donors (Lipinski definition) is 1. The molecule has 1 atom stereocenters. The van der Waals surface area contributed by atoms with E-state index >= 15 is 0 Å². The first kappa shape index (κ1) is 22.8. The van der Waals surface area contributed by atoms with Crippen molar-refractivity contribution in [3.05, 3.63) is 47.2 Å². The molecule has 1 N–H and O–H groups in total. The molecule has 3 amide bonds. The van der Waals surface area contributed by atoms with Crippen LogP contribution in [0, 0.1) is 5.92 Å². The summed E-state index contributed by atoms with van der Waals surface area (Å²) in [6, 6.07) is 8.62. The minimum atomic E-state index is -0.567. The van der Waals surface area contributed by atoms with Crippen LogP contribution in [0.3, 0.4) is 0 Å². The van der Waals surface area contributed by atoms with E-state index in [0.717, 1.165) is 5.56 Å². The van der Waals surface area contributed by atoms with Crippen molar-refractivity contribution in [2.45, 2.75) is 26.8 Å². The molecule has 0 saturated carbocycles. The van der Waals surface area contributed by atoms with Crippen molar-refractivity contribution in [1.82, 2.24) is 20.0 Å². The molecule has 168 valence electrons. The first-order chi connectivity index (χ1) is 14.8. The molecule has 0 spiro atoms. The van der Waals surface area contributed by atoms with Crippen LogP contribution in [0.1, 0.15) is 32.4 Å². The standard InChI is InChI=1S/C23H32N4O4/c1-5-31-22(29)19-18(15-26-11-13-27(14-12-26)21(28)16(2)3)25(4)23(30)24-20(19)17-9-7-6-8-10-17/h6-10,16,20H,5,11-15H2,1-4H3,(H,24,30). The monoisotopic (exact) mass is 428 g/mol.